The molecule has 13 nitrogen and oxygen atoms in total. The highest BCUT2D eigenvalue weighted by Crippen LogP contribution is 2.62. The fourth-order valence-electron chi connectivity index (χ4n) is 9.39. The molecule has 61 heavy (non-hydrogen) atoms. The molecule has 2 aliphatic heterocycles. The first-order valence-electron chi connectivity index (χ1n) is 21.5. The second kappa shape index (κ2) is 20.1. The number of benzene rings is 3. The quantitative estimate of drug-likeness (QED) is 0.0441. The molecule has 0 radical (unpaired) electrons. The number of sulfonamides is 1. The van der Waals surface area contributed by atoms with Crippen molar-refractivity contribution in [2.24, 2.45) is 22.9 Å². The van der Waals surface area contributed by atoms with E-state index in [1.165, 1.54) is 23.4 Å². The smallest absolute Gasteiger partial charge is 0.243 e. The maximum absolute atomic E-state index is 14.8. The van der Waals surface area contributed by atoms with E-state index in [1.807, 2.05) is 42.5 Å². The van der Waals surface area contributed by atoms with E-state index in [0.29, 0.717) is 36.6 Å². The number of rotatable bonds is 22. The van der Waals surface area contributed by atoms with E-state index >= 15 is 0 Å². The summed E-state index contributed by atoms with van der Waals surface area (Å²) in [4.78, 5) is 20.3. The van der Waals surface area contributed by atoms with Crippen molar-refractivity contribution >= 4 is 27.3 Å². The van der Waals surface area contributed by atoms with Crippen molar-refractivity contribution in [1.82, 2.24) is 9.21 Å². The van der Waals surface area contributed by atoms with Crippen molar-refractivity contribution in [2.75, 3.05) is 58.4 Å². The summed E-state index contributed by atoms with van der Waals surface area (Å²) in [6.07, 6.45) is 8.51. The summed E-state index contributed by atoms with van der Waals surface area (Å²) in [5.41, 5.74) is 3.85. The lowest BCUT2D eigenvalue weighted by atomic mass is 9.55. The average molecular weight is 857 g/mol. The molecular formula is C47H60N4O9S. The molecule has 1 saturated carbocycles. The normalized spacial score (nSPS) is 24.9. The number of aliphatic hydroxyl groups excluding tert-OH is 2. The highest BCUT2D eigenvalue weighted by atomic mass is 32.2. The SMILES string of the molecule is C=CCOC12Oc3ccc(OCCN4CC4)cc3C3C(CCCCO)C(CCCCO)C=C(C(=NOCc4ccccc4)CC1N(C)S(=O)(=O)c1ccc(NC(C)=O)cc1)C32. The second-order valence-corrected chi connectivity index (χ2v) is 18.4. The maximum atomic E-state index is 14.8. The van der Waals surface area contributed by atoms with Crippen molar-refractivity contribution in [3.63, 3.8) is 0 Å². The number of hydrogen-bond acceptors (Lipinski definition) is 11. The third-order valence-electron chi connectivity index (χ3n) is 12.4. The van der Waals surface area contributed by atoms with Crippen LogP contribution < -0.4 is 14.8 Å². The number of ether oxygens (including phenoxy) is 3. The summed E-state index contributed by atoms with van der Waals surface area (Å²) in [6.45, 7) is 9.37. The number of aliphatic hydroxyl groups is 2. The molecular weight excluding hydrogens is 797 g/mol. The van der Waals surface area contributed by atoms with Crippen molar-refractivity contribution in [3.05, 3.63) is 108 Å². The van der Waals surface area contributed by atoms with Crippen molar-refractivity contribution in [3.8, 4) is 11.5 Å². The van der Waals surface area contributed by atoms with Gasteiger partial charge < -0.3 is 34.6 Å². The number of allylic oxidation sites excluding steroid dienone is 1. The number of amides is 1. The first-order valence-corrected chi connectivity index (χ1v) is 23.0. The van der Waals surface area contributed by atoms with Gasteiger partial charge in [-0.05, 0) is 91.1 Å². The van der Waals surface area contributed by atoms with Gasteiger partial charge in [-0.15, -0.1) is 6.58 Å². The molecule has 3 aromatic rings. The predicted molar refractivity (Wildman–Crippen MR) is 234 cm³/mol. The third kappa shape index (κ3) is 10.1. The fourth-order valence-corrected chi connectivity index (χ4v) is 10.8. The van der Waals surface area contributed by atoms with Gasteiger partial charge in [0, 0.05) is 70.4 Å². The highest BCUT2D eigenvalue weighted by Gasteiger charge is 2.65. The highest BCUT2D eigenvalue weighted by molar-refractivity contribution is 7.89. The summed E-state index contributed by atoms with van der Waals surface area (Å²) in [6, 6.07) is 20.8. The number of anilines is 1. The zero-order valence-electron chi connectivity index (χ0n) is 35.3. The molecule has 7 rings (SSSR count). The van der Waals surface area contributed by atoms with Gasteiger partial charge in [0.25, 0.3) is 0 Å². The molecule has 328 valence electrons. The molecule has 4 aliphatic rings. The van der Waals surface area contributed by atoms with Gasteiger partial charge in [0.15, 0.2) is 0 Å². The Balaban J connectivity index is 1.40. The Morgan fingerprint density at radius 1 is 1.03 bits per heavy atom. The van der Waals surface area contributed by atoms with Gasteiger partial charge in [-0.2, -0.15) is 4.31 Å². The van der Waals surface area contributed by atoms with Crippen LogP contribution in [-0.2, 0) is 31.0 Å². The van der Waals surface area contributed by atoms with E-state index in [-0.39, 0.29) is 61.4 Å². The molecule has 0 bridgehead atoms. The lowest BCUT2D eigenvalue weighted by Crippen LogP contribution is -2.69. The van der Waals surface area contributed by atoms with Crippen LogP contribution in [0, 0.1) is 17.8 Å². The van der Waals surface area contributed by atoms with Gasteiger partial charge in [0.1, 0.15) is 24.7 Å². The third-order valence-corrected chi connectivity index (χ3v) is 14.3. The van der Waals surface area contributed by atoms with Gasteiger partial charge >= 0.3 is 0 Å². The number of likely N-dealkylation sites (N-methyl/N-ethyl adjacent to an activating group) is 1. The summed E-state index contributed by atoms with van der Waals surface area (Å²) in [5, 5.41) is 27.4. The predicted octanol–water partition coefficient (Wildman–Crippen LogP) is 6.49. The Hall–Kier alpha value is -4.57. The molecule has 0 spiro atoms. The lowest BCUT2D eigenvalue weighted by Gasteiger charge is -2.59. The van der Waals surface area contributed by atoms with Crippen LogP contribution in [0.25, 0.3) is 0 Å². The molecule has 6 atom stereocenters. The number of nitrogens with one attached hydrogen (secondary N) is 1. The van der Waals surface area contributed by atoms with Crippen LogP contribution in [-0.4, -0.2) is 104 Å². The number of nitrogens with zero attached hydrogens (tertiary/aromatic N) is 3. The van der Waals surface area contributed by atoms with Crippen LogP contribution in [0.15, 0.2) is 107 Å². The standard InChI is InChI=1S/C47H60N4O9S/c1-4-27-58-47-44(50(3)61(55,56)38-19-16-36(17-20-38)48-33(2)54)31-42(49-59-32-34-12-6-5-7-13-34)40-29-35(14-8-10-25-52)39(15-9-11-26-53)45(46(40)47)41-30-37(18-21-43(41)60-47)57-28-24-51-22-23-51/h4-7,12-13,16-21,29-30,35,39,44-46,52-53H,1,8-11,14-15,22-28,31-32H2,2-3H3,(H,48,54). The van der Waals surface area contributed by atoms with Crippen LogP contribution in [0.2, 0.25) is 0 Å². The van der Waals surface area contributed by atoms with E-state index < -0.39 is 27.8 Å². The van der Waals surface area contributed by atoms with Crippen molar-refractivity contribution < 1.29 is 42.5 Å². The summed E-state index contributed by atoms with van der Waals surface area (Å²) < 4.78 is 51.6. The number of carbonyl (C=O) groups excluding carboxylic acids is 1. The minimum atomic E-state index is -4.22. The van der Waals surface area contributed by atoms with Gasteiger partial charge in [-0.3, -0.25) is 9.69 Å². The number of fused-ring (bicyclic) bond motifs is 2. The van der Waals surface area contributed by atoms with Crippen molar-refractivity contribution in [1.29, 1.82) is 0 Å². The first kappa shape index (κ1) is 44.5. The Morgan fingerprint density at radius 3 is 2.46 bits per heavy atom. The Bertz CT molecular complexity index is 2140. The molecule has 3 aromatic carbocycles. The first-order chi connectivity index (χ1) is 29.6. The Labute approximate surface area is 360 Å². The van der Waals surface area contributed by atoms with Crippen LogP contribution >= 0.6 is 0 Å². The minimum absolute atomic E-state index is 0.0228. The number of hydrogen-bond donors (Lipinski definition) is 3. The van der Waals surface area contributed by atoms with Crippen LogP contribution in [0.1, 0.15) is 68.9 Å². The average Bonchev–Trinajstić information content (AvgIpc) is 4.09. The largest absolute Gasteiger partial charge is 0.492 e. The number of carbonyl (C=O) groups is 1. The Morgan fingerprint density at radius 2 is 1.77 bits per heavy atom. The van der Waals surface area contributed by atoms with Gasteiger partial charge in [-0.25, -0.2) is 8.42 Å². The van der Waals surface area contributed by atoms with Gasteiger partial charge in [-0.1, -0.05) is 60.5 Å². The molecule has 2 heterocycles. The molecule has 1 saturated heterocycles. The van der Waals surface area contributed by atoms with Crippen LogP contribution in [0.4, 0.5) is 5.69 Å². The van der Waals surface area contributed by atoms with E-state index in [1.54, 1.807) is 25.3 Å². The molecule has 2 fully saturated rings. The summed E-state index contributed by atoms with van der Waals surface area (Å²) in [5.74, 6) is -1.25. The van der Waals surface area contributed by atoms with Gasteiger partial charge in [0.05, 0.1) is 29.2 Å². The topological polar surface area (TPSA) is 159 Å². The molecule has 1 amide bonds. The van der Waals surface area contributed by atoms with Crippen LogP contribution in [0.5, 0.6) is 11.5 Å². The molecule has 0 aromatic heterocycles. The monoisotopic (exact) mass is 856 g/mol. The second-order valence-electron chi connectivity index (χ2n) is 16.4. The number of unbranched alkanes of at least 4 members (excludes halogenated alkanes) is 2. The summed E-state index contributed by atoms with van der Waals surface area (Å²) >= 11 is 0. The summed E-state index contributed by atoms with van der Waals surface area (Å²) in [7, 11) is -2.66. The number of oxime groups is 1. The molecule has 3 N–H and O–H groups in total. The lowest BCUT2D eigenvalue weighted by molar-refractivity contribution is -0.250. The fraction of sp³-hybridized carbons (Fsp3) is 0.489. The van der Waals surface area contributed by atoms with E-state index in [0.717, 1.165) is 67.8 Å². The van der Waals surface area contributed by atoms with E-state index in [2.05, 4.69) is 28.9 Å². The zero-order valence-corrected chi connectivity index (χ0v) is 36.1. The van der Waals surface area contributed by atoms with E-state index in [4.69, 9.17) is 24.2 Å². The zero-order chi connectivity index (χ0) is 43.0. The Kier molecular flexibility index (Phi) is 14.6. The maximum Gasteiger partial charge on any atom is 0.243 e. The van der Waals surface area contributed by atoms with Gasteiger partial charge in [0.2, 0.25) is 21.7 Å². The van der Waals surface area contributed by atoms with E-state index in [9.17, 15) is 23.4 Å². The molecule has 2 aliphatic carbocycles. The molecule has 14 heteroatoms. The van der Waals surface area contributed by atoms with Crippen LogP contribution in [0.3, 0.4) is 0 Å². The minimum Gasteiger partial charge on any atom is -0.492 e. The molecule has 6 unspecified atom stereocenters. The van der Waals surface area contributed by atoms with Crippen molar-refractivity contribution in [2.45, 2.75) is 81.1 Å².